The van der Waals surface area contributed by atoms with E-state index in [1.807, 2.05) is 0 Å². The predicted octanol–water partition coefficient (Wildman–Crippen LogP) is 19.0. The molecule has 8 rings (SSSR count). The first kappa shape index (κ1) is 51.0. The number of rotatable bonds is 4. The molecule has 8 aliphatic carbocycles. The molecule has 0 nitrogen and oxygen atoms in total. The van der Waals surface area contributed by atoms with Crippen LogP contribution in [0.4, 0.5) is 0 Å². The fourth-order valence-corrected chi connectivity index (χ4v) is 17.4. The Hall–Kier alpha value is 0. The Morgan fingerprint density at radius 2 is 0.400 bits per heavy atom. The van der Waals surface area contributed by atoms with Crippen LogP contribution in [-0.2, 0) is 0 Å². The molecular weight excluding hydrogens is 721 g/mol. The summed E-state index contributed by atoms with van der Waals surface area (Å²) in [6.07, 6.45) is 30.2. The molecule has 8 unspecified atom stereocenters. The third kappa shape index (κ3) is 13.1. The Bertz CT molecular complexity index is 992. The fraction of sp³-hybridized carbons (Fsp3) is 1.00. The van der Waals surface area contributed by atoms with Gasteiger partial charge >= 0.3 is 0 Å². The van der Waals surface area contributed by atoms with Crippen molar-refractivity contribution in [3.63, 3.8) is 0 Å². The summed E-state index contributed by atoms with van der Waals surface area (Å²) in [4.78, 5) is 0. The van der Waals surface area contributed by atoms with Crippen molar-refractivity contribution in [2.24, 2.45) is 142 Å². The molecule has 0 aromatic carbocycles. The van der Waals surface area contributed by atoms with Crippen molar-refractivity contribution in [3.8, 4) is 0 Å². The van der Waals surface area contributed by atoms with Crippen LogP contribution in [0.25, 0.3) is 0 Å². The number of hydrogen-bond donors (Lipinski definition) is 0. The zero-order valence-electron chi connectivity index (χ0n) is 44.0. The van der Waals surface area contributed by atoms with Gasteiger partial charge in [0.15, 0.2) is 0 Å². The number of fused-ring (bicyclic) bond motifs is 4. The molecule has 352 valence electrons. The molecule has 0 saturated heterocycles. The Morgan fingerprint density at radius 1 is 0.217 bits per heavy atom. The minimum atomic E-state index is 0.912. The van der Waals surface area contributed by atoms with Crippen LogP contribution in [0.3, 0.4) is 0 Å². The fourth-order valence-electron chi connectivity index (χ4n) is 17.4. The van der Waals surface area contributed by atoms with Gasteiger partial charge in [0, 0.05) is 0 Å². The molecule has 0 radical (unpaired) electrons. The predicted molar refractivity (Wildman–Crippen MR) is 267 cm³/mol. The molecule has 0 aromatic rings. The molecule has 8 aliphatic rings. The van der Waals surface area contributed by atoms with E-state index in [4.69, 9.17) is 0 Å². The van der Waals surface area contributed by atoms with Crippen molar-refractivity contribution in [3.05, 3.63) is 0 Å². The van der Waals surface area contributed by atoms with Gasteiger partial charge in [-0.1, -0.05) is 162 Å². The largest absolute Gasteiger partial charge is 0.0625 e. The van der Waals surface area contributed by atoms with Gasteiger partial charge in [-0.2, -0.15) is 0 Å². The van der Waals surface area contributed by atoms with Crippen LogP contribution in [0.15, 0.2) is 0 Å². The van der Waals surface area contributed by atoms with E-state index in [0.717, 1.165) is 142 Å². The highest BCUT2D eigenvalue weighted by molar-refractivity contribution is 4.94. The van der Waals surface area contributed by atoms with Crippen LogP contribution >= 0.6 is 0 Å². The van der Waals surface area contributed by atoms with E-state index in [1.165, 1.54) is 128 Å². The zero-order chi connectivity index (χ0) is 44.0. The average molecular weight is 834 g/mol. The Labute approximate surface area is 379 Å². The molecular formula is C60H112. The van der Waals surface area contributed by atoms with Crippen molar-refractivity contribution in [2.45, 2.75) is 239 Å². The van der Waals surface area contributed by atoms with Gasteiger partial charge in [0.05, 0.1) is 0 Å². The molecule has 8 fully saturated rings. The smallest absolute Gasteiger partial charge is 0.0350 e. The van der Waals surface area contributed by atoms with E-state index >= 15 is 0 Å². The third-order valence-electron chi connectivity index (χ3n) is 21.2. The van der Waals surface area contributed by atoms with Crippen molar-refractivity contribution in [2.75, 3.05) is 0 Å². The quantitative estimate of drug-likeness (QED) is 0.265. The summed E-state index contributed by atoms with van der Waals surface area (Å²) in [5.74, 6) is 24.4. The van der Waals surface area contributed by atoms with Crippen molar-refractivity contribution in [1.82, 2.24) is 0 Å². The van der Waals surface area contributed by atoms with Crippen LogP contribution in [0.2, 0.25) is 0 Å². The molecule has 0 aliphatic heterocycles. The molecule has 0 aromatic heterocycles. The second-order valence-corrected chi connectivity index (χ2v) is 26.8. The maximum absolute atomic E-state index is 2.50. The highest BCUT2D eigenvalue weighted by Crippen LogP contribution is 2.53. The molecule has 0 spiro atoms. The monoisotopic (exact) mass is 833 g/mol. The highest BCUT2D eigenvalue weighted by atomic mass is 14.5. The SMILES string of the molecule is CC1CC[C@@H]2C(C)CC[C@@H](C(C)C)[C@@H]2C1.CC1CC[C@@H]2C(C)CC[C@@H](C(C)C)[C@H]2C1.CC1CC[C@H]2C(C)CC[C@@H](C(C)C)[C@@H]2C1.CC1CC[C@H]2C(C)CC[C@@H](C(C)C)[C@H]2C1. The lowest BCUT2D eigenvalue weighted by molar-refractivity contribution is 0.0182. The van der Waals surface area contributed by atoms with Crippen LogP contribution in [0.1, 0.15) is 239 Å². The van der Waals surface area contributed by atoms with Gasteiger partial charge < -0.3 is 0 Å². The van der Waals surface area contributed by atoms with Crippen LogP contribution < -0.4 is 0 Å². The van der Waals surface area contributed by atoms with Crippen molar-refractivity contribution >= 4 is 0 Å². The van der Waals surface area contributed by atoms with Gasteiger partial charge in [0.1, 0.15) is 0 Å². The molecule has 0 N–H and O–H groups in total. The zero-order valence-corrected chi connectivity index (χ0v) is 44.0. The van der Waals surface area contributed by atoms with E-state index in [0.29, 0.717) is 0 Å². The minimum Gasteiger partial charge on any atom is -0.0625 e. The van der Waals surface area contributed by atoms with Gasteiger partial charge in [0.2, 0.25) is 0 Å². The Kier molecular flexibility index (Phi) is 19.9. The standard InChI is InChI=1S/4C15H28/c4*1-10(2)13-8-6-12(4)14-7-5-11(3)9-15(13)14/h4*10-15H,5-9H2,1-4H3/t11?,12?,13-,14+,15+;11?,12?,13-,14+,15-;11?,12?,13-,14-,15+;11?,12?,13-,14-,15-/m0000/s1. The van der Waals surface area contributed by atoms with Crippen LogP contribution in [-0.4, -0.2) is 0 Å². The maximum atomic E-state index is 2.50. The van der Waals surface area contributed by atoms with Gasteiger partial charge in [-0.3, -0.25) is 0 Å². The minimum absolute atomic E-state index is 0.912. The van der Waals surface area contributed by atoms with Crippen molar-refractivity contribution < 1.29 is 0 Å². The molecule has 60 heavy (non-hydrogen) atoms. The summed E-state index contributed by atoms with van der Waals surface area (Å²) in [6.45, 7) is 39.4. The molecule has 0 heterocycles. The Balaban J connectivity index is 0.000000152. The molecule has 0 bridgehead atoms. The van der Waals surface area contributed by atoms with Gasteiger partial charge in [-0.05, 0) is 219 Å². The van der Waals surface area contributed by atoms with Crippen molar-refractivity contribution in [1.29, 1.82) is 0 Å². The maximum Gasteiger partial charge on any atom is -0.0350 e. The molecule has 20 atom stereocenters. The highest BCUT2D eigenvalue weighted by Gasteiger charge is 2.44. The van der Waals surface area contributed by atoms with Crippen LogP contribution in [0, 0.1) is 142 Å². The van der Waals surface area contributed by atoms with E-state index in [1.54, 1.807) is 0 Å². The summed E-state index contributed by atoms with van der Waals surface area (Å²) in [7, 11) is 0. The third-order valence-corrected chi connectivity index (χ3v) is 21.2. The van der Waals surface area contributed by atoms with E-state index < -0.39 is 0 Å². The van der Waals surface area contributed by atoms with E-state index in [-0.39, 0.29) is 0 Å². The second-order valence-electron chi connectivity index (χ2n) is 26.8. The topological polar surface area (TPSA) is 0 Å². The lowest BCUT2D eigenvalue weighted by atomic mass is 9.57. The van der Waals surface area contributed by atoms with E-state index in [2.05, 4.69) is 111 Å². The Morgan fingerprint density at radius 3 is 0.567 bits per heavy atom. The molecule has 0 heteroatoms. The first-order valence-corrected chi connectivity index (χ1v) is 28.4. The summed E-state index contributed by atoms with van der Waals surface area (Å²) in [5, 5.41) is 0. The lowest BCUT2D eigenvalue weighted by Gasteiger charge is -2.48. The van der Waals surface area contributed by atoms with Gasteiger partial charge in [0.25, 0.3) is 0 Å². The normalized spacial score (nSPS) is 46.6. The summed E-state index contributed by atoms with van der Waals surface area (Å²) in [6, 6.07) is 0. The number of hydrogen-bond acceptors (Lipinski definition) is 0. The first-order valence-electron chi connectivity index (χ1n) is 28.4. The average Bonchev–Trinajstić information content (AvgIpc) is 3.18. The second kappa shape index (κ2) is 23.4. The lowest BCUT2D eigenvalue weighted by Crippen LogP contribution is -2.39. The molecule has 0 amide bonds. The summed E-state index contributed by atoms with van der Waals surface area (Å²) in [5.41, 5.74) is 0. The molecule has 8 saturated carbocycles. The van der Waals surface area contributed by atoms with Gasteiger partial charge in [-0.15, -0.1) is 0 Å². The first-order chi connectivity index (χ1) is 28.4. The van der Waals surface area contributed by atoms with E-state index in [9.17, 15) is 0 Å². The van der Waals surface area contributed by atoms with Gasteiger partial charge in [-0.25, -0.2) is 0 Å². The van der Waals surface area contributed by atoms with Crippen LogP contribution in [0.5, 0.6) is 0 Å². The summed E-state index contributed by atoms with van der Waals surface area (Å²) >= 11 is 0. The summed E-state index contributed by atoms with van der Waals surface area (Å²) < 4.78 is 0.